The molecule has 1 aromatic carbocycles. The highest BCUT2D eigenvalue weighted by Gasteiger charge is 2.27. The molecule has 1 amide bonds. The molecule has 0 fully saturated rings. The Morgan fingerprint density at radius 1 is 1.29 bits per heavy atom. The molecule has 0 atom stereocenters. The molecule has 0 unspecified atom stereocenters. The van der Waals surface area contributed by atoms with Gasteiger partial charge in [0.25, 0.3) is 5.91 Å². The minimum atomic E-state index is -0.188. The van der Waals surface area contributed by atoms with Gasteiger partial charge in [-0.3, -0.25) is 4.79 Å². The van der Waals surface area contributed by atoms with Crippen molar-refractivity contribution in [2.24, 2.45) is 0 Å². The van der Waals surface area contributed by atoms with Crippen LogP contribution in [0.25, 0.3) is 0 Å². The Morgan fingerprint density at radius 2 is 2.10 bits per heavy atom. The number of rotatable bonds is 1. The van der Waals surface area contributed by atoms with E-state index in [1.807, 2.05) is 19.1 Å². The maximum Gasteiger partial charge on any atom is 0.261 e. The number of hydrogen-bond acceptors (Lipinski definition) is 3. The van der Waals surface area contributed by atoms with Gasteiger partial charge >= 0.3 is 0 Å². The van der Waals surface area contributed by atoms with E-state index in [9.17, 15) is 4.79 Å². The molecule has 108 valence electrons. The van der Waals surface area contributed by atoms with Crippen LogP contribution in [0.15, 0.2) is 24.3 Å². The van der Waals surface area contributed by atoms with Crippen LogP contribution in [0.1, 0.15) is 27.9 Å². The number of halogens is 2. The van der Waals surface area contributed by atoms with Crippen LogP contribution in [0, 0.1) is 6.92 Å². The number of aryl methyl sites for hydroxylation is 2. The molecule has 21 heavy (non-hydrogen) atoms. The number of aromatic nitrogens is 2. The Hall–Kier alpha value is -1.65. The molecule has 0 spiro atoms. The number of anilines is 1. The Balaban J connectivity index is 2.06. The van der Waals surface area contributed by atoms with Crippen LogP contribution >= 0.6 is 23.2 Å². The summed E-state index contributed by atoms with van der Waals surface area (Å²) in [5.41, 5.74) is 3.51. The second kappa shape index (κ2) is 5.62. The summed E-state index contributed by atoms with van der Waals surface area (Å²) in [6, 6.07) is 7.54. The summed E-state index contributed by atoms with van der Waals surface area (Å²) < 4.78 is 0. The van der Waals surface area contributed by atoms with Crippen LogP contribution in [-0.2, 0) is 6.42 Å². The van der Waals surface area contributed by atoms with Crippen molar-refractivity contribution in [1.82, 2.24) is 10.2 Å². The smallest absolute Gasteiger partial charge is 0.261 e. The first-order chi connectivity index (χ1) is 10.1. The van der Waals surface area contributed by atoms with Crippen LogP contribution in [0.4, 0.5) is 5.69 Å². The van der Waals surface area contributed by atoms with Crippen molar-refractivity contribution in [1.29, 1.82) is 0 Å². The standard InChI is InChI=1S/C15H13Cl2N3O/c1-9-4-2-5-10-6-3-7-20(13(9)10)15(21)11-8-12(16)18-19-14(11)17/h2,4-5,8H,3,6-7H2,1H3. The van der Waals surface area contributed by atoms with Gasteiger partial charge < -0.3 is 4.90 Å². The Kier molecular flexibility index (Phi) is 3.83. The second-order valence-electron chi connectivity index (χ2n) is 5.01. The number of carbonyl (C=O) groups is 1. The zero-order chi connectivity index (χ0) is 15.0. The molecular weight excluding hydrogens is 309 g/mol. The topological polar surface area (TPSA) is 46.1 Å². The third kappa shape index (κ3) is 2.61. The molecular formula is C15H13Cl2N3O. The van der Waals surface area contributed by atoms with Crippen molar-refractivity contribution in [2.45, 2.75) is 19.8 Å². The van der Waals surface area contributed by atoms with E-state index >= 15 is 0 Å². The van der Waals surface area contributed by atoms with Gasteiger partial charge in [0.05, 0.1) is 11.3 Å². The third-order valence-corrected chi connectivity index (χ3v) is 4.08. The molecule has 2 aromatic rings. The van der Waals surface area contributed by atoms with E-state index in [0.717, 1.165) is 24.1 Å². The van der Waals surface area contributed by atoms with Crippen molar-refractivity contribution < 1.29 is 4.79 Å². The first-order valence-electron chi connectivity index (χ1n) is 6.67. The molecule has 4 nitrogen and oxygen atoms in total. The Bertz CT molecular complexity index is 718. The lowest BCUT2D eigenvalue weighted by molar-refractivity contribution is 0.0984. The van der Waals surface area contributed by atoms with Gasteiger partial charge in [0, 0.05) is 6.54 Å². The van der Waals surface area contributed by atoms with Crippen LogP contribution in [0.5, 0.6) is 0 Å². The predicted molar refractivity (Wildman–Crippen MR) is 83.2 cm³/mol. The molecule has 0 bridgehead atoms. The van der Waals surface area contributed by atoms with Crippen LogP contribution < -0.4 is 4.90 Å². The summed E-state index contributed by atoms with van der Waals surface area (Å²) in [4.78, 5) is 14.6. The predicted octanol–water partition coefficient (Wildman–Crippen LogP) is 3.68. The van der Waals surface area contributed by atoms with Gasteiger partial charge in [0.2, 0.25) is 0 Å². The van der Waals surface area contributed by atoms with Gasteiger partial charge in [-0.2, -0.15) is 0 Å². The highest BCUT2D eigenvalue weighted by molar-refractivity contribution is 6.34. The van der Waals surface area contributed by atoms with Gasteiger partial charge in [-0.15, -0.1) is 10.2 Å². The van der Waals surface area contributed by atoms with Crippen molar-refractivity contribution >= 4 is 34.8 Å². The fourth-order valence-corrected chi connectivity index (χ4v) is 3.02. The number of benzene rings is 1. The fraction of sp³-hybridized carbons (Fsp3) is 0.267. The number of hydrogen-bond donors (Lipinski definition) is 0. The van der Waals surface area contributed by atoms with E-state index in [4.69, 9.17) is 23.2 Å². The number of para-hydroxylation sites is 1. The molecule has 1 aliphatic heterocycles. The van der Waals surface area contributed by atoms with Gasteiger partial charge in [-0.25, -0.2) is 0 Å². The summed E-state index contributed by atoms with van der Waals surface area (Å²) in [7, 11) is 0. The van der Waals surface area contributed by atoms with E-state index in [1.54, 1.807) is 4.90 Å². The molecule has 0 saturated heterocycles. The largest absolute Gasteiger partial charge is 0.308 e. The lowest BCUT2D eigenvalue weighted by Gasteiger charge is -2.31. The Morgan fingerprint density at radius 3 is 2.90 bits per heavy atom. The third-order valence-electron chi connectivity index (χ3n) is 3.61. The second-order valence-corrected chi connectivity index (χ2v) is 5.76. The lowest BCUT2D eigenvalue weighted by Crippen LogP contribution is -2.36. The normalized spacial score (nSPS) is 14.0. The number of nitrogens with zero attached hydrogens (tertiary/aromatic N) is 3. The van der Waals surface area contributed by atoms with Crippen LogP contribution in [0.3, 0.4) is 0 Å². The van der Waals surface area contributed by atoms with E-state index in [0.29, 0.717) is 6.54 Å². The quantitative estimate of drug-likeness (QED) is 0.804. The average molecular weight is 322 g/mol. The summed E-state index contributed by atoms with van der Waals surface area (Å²) in [6.07, 6.45) is 1.90. The summed E-state index contributed by atoms with van der Waals surface area (Å²) in [6.45, 7) is 2.66. The minimum Gasteiger partial charge on any atom is -0.308 e. The molecule has 6 heteroatoms. The zero-order valence-electron chi connectivity index (χ0n) is 11.4. The van der Waals surface area contributed by atoms with E-state index < -0.39 is 0 Å². The zero-order valence-corrected chi connectivity index (χ0v) is 12.9. The average Bonchev–Trinajstić information content (AvgIpc) is 2.49. The molecule has 0 radical (unpaired) electrons. The van der Waals surface area contributed by atoms with E-state index in [-0.39, 0.29) is 21.8 Å². The Labute approximate surface area is 132 Å². The first-order valence-corrected chi connectivity index (χ1v) is 7.42. The summed E-state index contributed by atoms with van der Waals surface area (Å²) in [5, 5.41) is 7.58. The maximum atomic E-state index is 12.8. The highest BCUT2D eigenvalue weighted by Crippen LogP contribution is 2.32. The van der Waals surface area contributed by atoms with Crippen molar-refractivity contribution in [3.05, 3.63) is 51.3 Å². The number of fused-ring (bicyclic) bond motifs is 1. The maximum absolute atomic E-state index is 12.8. The molecule has 2 heterocycles. The molecule has 1 aromatic heterocycles. The fourth-order valence-electron chi connectivity index (χ4n) is 2.70. The van der Waals surface area contributed by atoms with E-state index in [1.165, 1.54) is 11.6 Å². The van der Waals surface area contributed by atoms with Gasteiger partial charge in [0.1, 0.15) is 0 Å². The highest BCUT2D eigenvalue weighted by atomic mass is 35.5. The van der Waals surface area contributed by atoms with Crippen molar-refractivity contribution in [3.8, 4) is 0 Å². The lowest BCUT2D eigenvalue weighted by atomic mass is 9.97. The first kappa shape index (κ1) is 14.3. The molecule has 1 aliphatic rings. The van der Waals surface area contributed by atoms with Crippen LogP contribution in [-0.4, -0.2) is 22.6 Å². The molecule has 0 saturated carbocycles. The molecule has 0 aliphatic carbocycles. The number of amides is 1. The SMILES string of the molecule is Cc1cccc2c1N(C(=O)c1cc(Cl)nnc1Cl)CCC2. The van der Waals surface area contributed by atoms with Gasteiger partial charge in [-0.05, 0) is 37.0 Å². The number of carbonyl (C=O) groups excluding carboxylic acids is 1. The monoisotopic (exact) mass is 321 g/mol. The molecule has 3 rings (SSSR count). The van der Waals surface area contributed by atoms with Gasteiger partial charge in [0.15, 0.2) is 10.3 Å². The summed E-state index contributed by atoms with van der Waals surface area (Å²) >= 11 is 11.8. The van der Waals surface area contributed by atoms with Crippen molar-refractivity contribution in [3.63, 3.8) is 0 Å². The van der Waals surface area contributed by atoms with Crippen LogP contribution in [0.2, 0.25) is 10.3 Å². The molecule has 0 N–H and O–H groups in total. The van der Waals surface area contributed by atoms with Gasteiger partial charge in [-0.1, -0.05) is 41.4 Å². The summed E-state index contributed by atoms with van der Waals surface area (Å²) in [5.74, 6) is -0.188. The van der Waals surface area contributed by atoms with Crippen molar-refractivity contribution in [2.75, 3.05) is 11.4 Å². The van der Waals surface area contributed by atoms with E-state index in [2.05, 4.69) is 16.3 Å². The minimum absolute atomic E-state index is 0.0742.